The Morgan fingerprint density at radius 3 is 2.70 bits per heavy atom. The summed E-state index contributed by atoms with van der Waals surface area (Å²) in [5, 5.41) is 41.9. The molecule has 2 heterocycles. The summed E-state index contributed by atoms with van der Waals surface area (Å²) in [5.41, 5.74) is 8.69. The van der Waals surface area contributed by atoms with Crippen LogP contribution in [0.2, 0.25) is 0 Å². The molecule has 1 aliphatic rings. The molecule has 0 radical (unpaired) electrons. The average molecular weight is 283 g/mol. The Bertz CT molecular complexity index is 519. The van der Waals surface area contributed by atoms with E-state index in [1.54, 1.807) is 18.3 Å². The quantitative estimate of drug-likeness (QED) is 0.241. The lowest BCUT2D eigenvalue weighted by Gasteiger charge is -2.36. The van der Waals surface area contributed by atoms with E-state index in [1.807, 2.05) is 0 Å². The van der Waals surface area contributed by atoms with Crippen LogP contribution in [0.25, 0.3) is 10.4 Å². The molecule has 0 aliphatic carbocycles. The summed E-state index contributed by atoms with van der Waals surface area (Å²) in [4.78, 5) is 2.65. The van der Waals surface area contributed by atoms with E-state index in [4.69, 9.17) is 15.4 Å². The highest BCUT2D eigenvalue weighted by Crippen LogP contribution is 2.25. The summed E-state index contributed by atoms with van der Waals surface area (Å²) in [5.74, 6) is 0. The molecule has 108 valence electrons. The first-order valence-corrected chi connectivity index (χ1v) is 5.95. The summed E-state index contributed by atoms with van der Waals surface area (Å²) >= 11 is 0. The molecule has 4 N–H and O–H groups in total. The highest BCUT2D eigenvalue weighted by Gasteiger charge is 2.47. The van der Waals surface area contributed by atoms with Gasteiger partial charge in [-0.15, -0.1) is 0 Å². The third kappa shape index (κ3) is 2.73. The molecule has 0 spiro atoms. The average Bonchev–Trinajstić information content (AvgIpc) is 2.46. The third-order valence-electron chi connectivity index (χ3n) is 3.13. The molecule has 5 atom stereocenters. The van der Waals surface area contributed by atoms with Crippen LogP contribution in [0.4, 0.5) is 5.69 Å². The van der Waals surface area contributed by atoms with Gasteiger partial charge in [0.2, 0.25) is 0 Å². The molecule has 9 heteroatoms. The van der Waals surface area contributed by atoms with E-state index in [0.717, 1.165) is 0 Å². The van der Waals surface area contributed by atoms with Gasteiger partial charge in [0.1, 0.15) is 24.0 Å². The lowest BCUT2D eigenvalue weighted by molar-refractivity contribution is -0.777. The van der Waals surface area contributed by atoms with Crippen LogP contribution >= 0.6 is 0 Å². The molecular weight excluding hydrogens is 268 g/mol. The Labute approximate surface area is 113 Å². The number of hydrogen-bond donors (Lipinski definition) is 4. The van der Waals surface area contributed by atoms with E-state index in [1.165, 1.54) is 10.8 Å². The highest BCUT2D eigenvalue weighted by atomic mass is 16.6. The number of pyridine rings is 1. The van der Waals surface area contributed by atoms with E-state index in [9.17, 15) is 15.3 Å². The molecule has 1 fully saturated rings. The van der Waals surface area contributed by atoms with Gasteiger partial charge in [0, 0.05) is 11.0 Å². The van der Waals surface area contributed by atoms with E-state index in [-0.39, 0.29) is 0 Å². The van der Waals surface area contributed by atoms with E-state index in [2.05, 4.69) is 10.0 Å². The van der Waals surface area contributed by atoms with Crippen LogP contribution in [0.15, 0.2) is 29.6 Å². The summed E-state index contributed by atoms with van der Waals surface area (Å²) in [6.45, 7) is -0.502. The summed E-state index contributed by atoms with van der Waals surface area (Å²) in [6.07, 6.45) is -3.29. The molecule has 20 heavy (non-hydrogen) atoms. The molecule has 9 nitrogen and oxygen atoms in total. The van der Waals surface area contributed by atoms with Gasteiger partial charge < -0.3 is 25.2 Å². The number of azide groups is 1. The first kappa shape index (κ1) is 14.7. The van der Waals surface area contributed by atoms with Crippen LogP contribution < -0.4 is 4.57 Å². The minimum absolute atomic E-state index is 0.298. The first-order chi connectivity index (χ1) is 9.58. The SMILES string of the molecule is [N-]=[N+]=Nc1ccc[n+]([C@@H]2OC(CO)[C@@H](O)C(O)[C@@H]2O)c1. The van der Waals surface area contributed by atoms with Crippen molar-refractivity contribution in [1.82, 2.24) is 0 Å². The van der Waals surface area contributed by atoms with Crippen LogP contribution in [0, 0.1) is 0 Å². The highest BCUT2D eigenvalue weighted by molar-refractivity contribution is 5.29. The van der Waals surface area contributed by atoms with Gasteiger partial charge in [0.25, 0.3) is 6.23 Å². The number of nitrogens with zero attached hydrogens (tertiary/aromatic N) is 4. The Morgan fingerprint density at radius 2 is 2.05 bits per heavy atom. The topological polar surface area (TPSA) is 143 Å². The van der Waals surface area contributed by atoms with Gasteiger partial charge in [-0.25, -0.2) is 0 Å². The van der Waals surface area contributed by atoms with Gasteiger partial charge >= 0.3 is 0 Å². The molecule has 1 aliphatic heterocycles. The minimum Gasteiger partial charge on any atom is -0.394 e. The van der Waals surface area contributed by atoms with Crippen molar-refractivity contribution in [2.75, 3.05) is 6.61 Å². The van der Waals surface area contributed by atoms with Crippen molar-refractivity contribution in [3.63, 3.8) is 0 Å². The molecule has 0 bridgehead atoms. The van der Waals surface area contributed by atoms with Crippen molar-refractivity contribution in [2.45, 2.75) is 30.6 Å². The van der Waals surface area contributed by atoms with Gasteiger partial charge in [0.15, 0.2) is 18.5 Å². The zero-order chi connectivity index (χ0) is 14.7. The maximum Gasteiger partial charge on any atom is 0.292 e. The Hall–Kier alpha value is -1.74. The van der Waals surface area contributed by atoms with Crippen molar-refractivity contribution in [3.05, 3.63) is 35.0 Å². The summed E-state index contributed by atoms with van der Waals surface area (Å²) in [7, 11) is 0. The predicted octanol–water partition coefficient (Wildman–Crippen LogP) is -1.11. The maximum atomic E-state index is 9.95. The second-order valence-corrected chi connectivity index (χ2v) is 4.42. The molecule has 1 saturated heterocycles. The third-order valence-corrected chi connectivity index (χ3v) is 3.13. The summed E-state index contributed by atoms with van der Waals surface area (Å²) in [6, 6.07) is 3.13. The maximum absolute atomic E-state index is 9.95. The van der Waals surface area contributed by atoms with Crippen LogP contribution in [-0.4, -0.2) is 51.4 Å². The van der Waals surface area contributed by atoms with Crippen LogP contribution in [0.1, 0.15) is 6.23 Å². The predicted molar refractivity (Wildman–Crippen MR) is 64.5 cm³/mol. The molecule has 1 aromatic heterocycles. The molecule has 0 aromatic carbocycles. The van der Waals surface area contributed by atoms with Crippen molar-refractivity contribution in [1.29, 1.82) is 0 Å². The minimum atomic E-state index is -1.46. The number of aliphatic hydroxyl groups excluding tert-OH is 4. The molecule has 1 aromatic rings. The van der Waals surface area contributed by atoms with Crippen molar-refractivity contribution in [3.8, 4) is 0 Å². The Balaban J connectivity index is 2.30. The van der Waals surface area contributed by atoms with E-state index < -0.39 is 37.3 Å². The fraction of sp³-hybridized carbons (Fsp3) is 0.545. The standard InChI is InChI=1S/C11H15N4O5/c12-14-13-6-2-1-3-15(4-6)11-10(19)9(18)8(17)7(5-16)20-11/h1-4,7-11,16-19H,5H2/q+1/t7?,8-,9?,10+,11-/m1/s1. The Kier molecular flexibility index (Phi) is 4.50. The number of aromatic nitrogens is 1. The monoisotopic (exact) mass is 283 g/mol. The van der Waals surface area contributed by atoms with Gasteiger partial charge in [-0.3, -0.25) is 0 Å². The summed E-state index contributed by atoms with van der Waals surface area (Å²) < 4.78 is 6.76. The number of ether oxygens (including phenoxy) is 1. The van der Waals surface area contributed by atoms with Gasteiger partial charge in [0.05, 0.1) is 6.61 Å². The van der Waals surface area contributed by atoms with E-state index >= 15 is 0 Å². The van der Waals surface area contributed by atoms with E-state index in [0.29, 0.717) is 5.69 Å². The van der Waals surface area contributed by atoms with Crippen LogP contribution in [-0.2, 0) is 4.74 Å². The van der Waals surface area contributed by atoms with Gasteiger partial charge in [-0.1, -0.05) is 5.11 Å². The van der Waals surface area contributed by atoms with Gasteiger partial charge in [-0.05, 0) is 11.6 Å². The fourth-order valence-corrected chi connectivity index (χ4v) is 2.08. The number of rotatable bonds is 3. The second-order valence-electron chi connectivity index (χ2n) is 4.42. The molecule has 2 rings (SSSR count). The number of hydrogen-bond acceptors (Lipinski definition) is 6. The molecule has 0 saturated carbocycles. The normalized spacial score (nSPS) is 33.5. The van der Waals surface area contributed by atoms with Crippen molar-refractivity contribution in [2.24, 2.45) is 5.11 Å². The van der Waals surface area contributed by atoms with Crippen molar-refractivity contribution < 1.29 is 29.7 Å². The van der Waals surface area contributed by atoms with Crippen LogP contribution in [0.3, 0.4) is 0 Å². The molecule has 2 unspecified atom stereocenters. The van der Waals surface area contributed by atoms with Crippen molar-refractivity contribution >= 4 is 5.69 Å². The molecular formula is C11H15N4O5+. The Morgan fingerprint density at radius 1 is 1.30 bits per heavy atom. The van der Waals surface area contributed by atoms with Gasteiger partial charge in [-0.2, -0.15) is 4.57 Å². The first-order valence-electron chi connectivity index (χ1n) is 5.95. The fourth-order valence-electron chi connectivity index (χ4n) is 2.08. The number of aliphatic hydroxyl groups is 4. The van der Waals surface area contributed by atoms with Crippen LogP contribution in [0.5, 0.6) is 0 Å². The zero-order valence-corrected chi connectivity index (χ0v) is 10.4. The lowest BCUT2D eigenvalue weighted by atomic mass is 9.98. The zero-order valence-electron chi connectivity index (χ0n) is 10.4. The lowest BCUT2D eigenvalue weighted by Crippen LogP contribution is -2.62. The largest absolute Gasteiger partial charge is 0.394 e. The molecule has 0 amide bonds. The smallest absolute Gasteiger partial charge is 0.292 e. The second kappa shape index (κ2) is 6.14.